The first-order chi connectivity index (χ1) is 8.60. The molecule has 0 saturated heterocycles. The highest BCUT2D eigenvalue weighted by Gasteiger charge is 2.15. The fourth-order valence-corrected chi connectivity index (χ4v) is 1.68. The number of nitrogens with zero attached hydrogens (tertiary/aromatic N) is 3. The highest BCUT2D eigenvalue weighted by Crippen LogP contribution is 2.22. The van der Waals surface area contributed by atoms with Gasteiger partial charge in [-0.1, -0.05) is 13.3 Å². The molecular formula is C12H19N3O3. The van der Waals surface area contributed by atoms with Crippen LogP contribution in [0.25, 0.3) is 0 Å². The van der Waals surface area contributed by atoms with Crippen LogP contribution in [0.15, 0.2) is 12.3 Å². The number of aliphatic hydroxyl groups is 1. The van der Waals surface area contributed by atoms with E-state index in [4.69, 9.17) is 5.11 Å². The third-order valence-corrected chi connectivity index (χ3v) is 2.73. The third kappa shape index (κ3) is 3.66. The van der Waals surface area contributed by atoms with E-state index in [-0.39, 0.29) is 12.3 Å². The van der Waals surface area contributed by atoms with Crippen LogP contribution < -0.4 is 4.90 Å². The fraction of sp³-hybridized carbons (Fsp3) is 0.583. The van der Waals surface area contributed by atoms with Gasteiger partial charge in [-0.15, -0.1) is 0 Å². The Bertz CT molecular complexity index is 410. The molecule has 1 aromatic rings. The van der Waals surface area contributed by atoms with Crippen LogP contribution in [-0.2, 0) is 0 Å². The van der Waals surface area contributed by atoms with Gasteiger partial charge in [-0.25, -0.2) is 4.98 Å². The molecule has 0 saturated carbocycles. The van der Waals surface area contributed by atoms with Crippen molar-refractivity contribution in [2.24, 2.45) is 0 Å². The quantitative estimate of drug-likeness (QED) is 0.593. The Hall–Kier alpha value is -1.69. The molecule has 0 bridgehead atoms. The number of hydrogen-bond acceptors (Lipinski definition) is 5. The van der Waals surface area contributed by atoms with Crippen molar-refractivity contribution in [3.05, 3.63) is 27.9 Å². The van der Waals surface area contributed by atoms with Gasteiger partial charge in [0.15, 0.2) is 0 Å². The maximum atomic E-state index is 10.9. The van der Waals surface area contributed by atoms with Gasteiger partial charge in [0, 0.05) is 24.8 Å². The van der Waals surface area contributed by atoms with Crippen LogP contribution in [0.5, 0.6) is 0 Å². The number of aliphatic hydroxyl groups excluding tert-OH is 1. The van der Waals surface area contributed by atoms with E-state index >= 15 is 0 Å². The molecule has 0 aliphatic rings. The van der Waals surface area contributed by atoms with E-state index in [1.165, 1.54) is 12.3 Å². The summed E-state index contributed by atoms with van der Waals surface area (Å²) in [5.74, 6) is 0.551. The summed E-state index contributed by atoms with van der Waals surface area (Å²) in [7, 11) is 0. The molecule has 0 aliphatic heterocycles. The summed E-state index contributed by atoms with van der Waals surface area (Å²) in [6, 6.07) is 1.47. The van der Waals surface area contributed by atoms with Gasteiger partial charge in [0.1, 0.15) is 5.82 Å². The number of aromatic nitrogens is 1. The minimum absolute atomic E-state index is 0.00701. The molecule has 1 N–H and O–H groups in total. The lowest BCUT2D eigenvalue weighted by molar-refractivity contribution is -0.385. The fourth-order valence-electron chi connectivity index (χ4n) is 1.68. The van der Waals surface area contributed by atoms with Gasteiger partial charge in [-0.05, 0) is 13.3 Å². The van der Waals surface area contributed by atoms with Crippen molar-refractivity contribution in [1.29, 1.82) is 0 Å². The van der Waals surface area contributed by atoms with Crippen molar-refractivity contribution < 1.29 is 10.0 Å². The average Bonchev–Trinajstić information content (AvgIpc) is 2.35. The topological polar surface area (TPSA) is 79.5 Å². The minimum atomic E-state index is -0.405. The van der Waals surface area contributed by atoms with E-state index in [1.54, 1.807) is 6.92 Å². The Kier molecular flexibility index (Phi) is 5.51. The van der Waals surface area contributed by atoms with Crippen molar-refractivity contribution >= 4 is 11.5 Å². The van der Waals surface area contributed by atoms with Crippen LogP contribution >= 0.6 is 0 Å². The smallest absolute Gasteiger partial charge is 0.277 e. The lowest BCUT2D eigenvalue weighted by atomic mass is 10.2. The zero-order valence-electron chi connectivity index (χ0n) is 10.8. The monoisotopic (exact) mass is 253 g/mol. The Balaban J connectivity index is 2.97. The first-order valence-electron chi connectivity index (χ1n) is 6.07. The molecule has 100 valence electrons. The highest BCUT2D eigenvalue weighted by molar-refractivity contribution is 5.50. The van der Waals surface area contributed by atoms with Gasteiger partial charge >= 0.3 is 0 Å². The van der Waals surface area contributed by atoms with Crippen molar-refractivity contribution in [3.63, 3.8) is 0 Å². The molecule has 6 heteroatoms. The van der Waals surface area contributed by atoms with Gasteiger partial charge in [0.05, 0.1) is 17.6 Å². The predicted octanol–water partition coefficient (Wildman–Crippen LogP) is 1.90. The molecular weight excluding hydrogens is 234 g/mol. The van der Waals surface area contributed by atoms with Crippen LogP contribution in [0.1, 0.15) is 25.3 Å². The first kappa shape index (κ1) is 14.4. The third-order valence-electron chi connectivity index (χ3n) is 2.73. The Morgan fingerprint density at radius 3 is 2.78 bits per heavy atom. The predicted molar refractivity (Wildman–Crippen MR) is 69.8 cm³/mol. The lowest BCUT2D eigenvalue weighted by Crippen LogP contribution is -2.28. The van der Waals surface area contributed by atoms with E-state index in [1.807, 2.05) is 4.90 Å². The van der Waals surface area contributed by atoms with Gasteiger partial charge in [0.2, 0.25) is 0 Å². The number of anilines is 1. The van der Waals surface area contributed by atoms with Gasteiger partial charge in [0.25, 0.3) is 5.69 Å². The maximum Gasteiger partial charge on any atom is 0.277 e. The average molecular weight is 253 g/mol. The van der Waals surface area contributed by atoms with Gasteiger partial charge < -0.3 is 10.0 Å². The molecule has 1 rings (SSSR count). The largest absolute Gasteiger partial charge is 0.395 e. The number of pyridine rings is 1. The summed E-state index contributed by atoms with van der Waals surface area (Å²) in [6.45, 7) is 4.92. The molecule has 0 aliphatic carbocycles. The molecule has 0 radical (unpaired) electrons. The maximum absolute atomic E-state index is 10.9. The van der Waals surface area contributed by atoms with E-state index < -0.39 is 4.92 Å². The molecule has 1 aromatic heterocycles. The van der Waals surface area contributed by atoms with E-state index in [0.717, 1.165) is 19.4 Å². The molecule has 0 unspecified atom stereocenters. The molecule has 1 heterocycles. The Morgan fingerprint density at radius 2 is 2.22 bits per heavy atom. The van der Waals surface area contributed by atoms with Crippen LogP contribution in [0, 0.1) is 17.0 Å². The minimum Gasteiger partial charge on any atom is -0.395 e. The van der Waals surface area contributed by atoms with Gasteiger partial charge in [-0.2, -0.15) is 0 Å². The number of hydrogen-bond donors (Lipinski definition) is 1. The highest BCUT2D eigenvalue weighted by atomic mass is 16.6. The zero-order chi connectivity index (χ0) is 13.5. The van der Waals surface area contributed by atoms with E-state index in [0.29, 0.717) is 17.9 Å². The van der Waals surface area contributed by atoms with Crippen LogP contribution in [-0.4, -0.2) is 34.7 Å². The van der Waals surface area contributed by atoms with Crippen molar-refractivity contribution in [2.45, 2.75) is 26.7 Å². The number of aryl methyl sites for hydroxylation is 1. The molecule has 0 amide bonds. The summed E-state index contributed by atoms with van der Waals surface area (Å²) >= 11 is 0. The van der Waals surface area contributed by atoms with Crippen molar-refractivity contribution in [2.75, 3.05) is 24.6 Å². The Labute approximate surface area is 106 Å². The van der Waals surface area contributed by atoms with Crippen molar-refractivity contribution in [3.8, 4) is 0 Å². The molecule has 6 nitrogen and oxygen atoms in total. The summed E-state index contributed by atoms with van der Waals surface area (Å²) < 4.78 is 0. The second kappa shape index (κ2) is 6.90. The summed E-state index contributed by atoms with van der Waals surface area (Å²) in [6.07, 6.45) is 3.49. The summed E-state index contributed by atoms with van der Waals surface area (Å²) in [5, 5.41) is 19.9. The molecule has 18 heavy (non-hydrogen) atoms. The summed E-state index contributed by atoms with van der Waals surface area (Å²) in [5.41, 5.74) is 0.614. The lowest BCUT2D eigenvalue weighted by Gasteiger charge is -2.22. The SMILES string of the molecule is CCCCN(CCO)c1cc([N+](=O)[O-])c(C)cn1. The molecule has 0 spiro atoms. The second-order valence-electron chi connectivity index (χ2n) is 4.15. The van der Waals surface area contributed by atoms with Crippen LogP contribution in [0.3, 0.4) is 0 Å². The molecule has 0 fully saturated rings. The normalized spacial score (nSPS) is 10.4. The number of rotatable bonds is 7. The Morgan fingerprint density at radius 1 is 1.50 bits per heavy atom. The zero-order valence-corrected chi connectivity index (χ0v) is 10.8. The van der Waals surface area contributed by atoms with Crippen LogP contribution in [0.4, 0.5) is 11.5 Å². The van der Waals surface area contributed by atoms with E-state index in [2.05, 4.69) is 11.9 Å². The van der Waals surface area contributed by atoms with E-state index in [9.17, 15) is 10.1 Å². The standard InChI is InChI=1S/C12H19N3O3/c1-3-4-5-14(6-7-16)12-8-11(15(17)18)10(2)9-13-12/h8-9,16H,3-7H2,1-2H3. The first-order valence-corrected chi connectivity index (χ1v) is 6.07. The number of nitro groups is 1. The van der Waals surface area contributed by atoms with Crippen LogP contribution in [0.2, 0.25) is 0 Å². The second-order valence-corrected chi connectivity index (χ2v) is 4.15. The van der Waals surface area contributed by atoms with Crippen molar-refractivity contribution in [1.82, 2.24) is 4.98 Å². The van der Waals surface area contributed by atoms with Gasteiger partial charge in [-0.3, -0.25) is 10.1 Å². The molecule has 0 aromatic carbocycles. The summed E-state index contributed by atoms with van der Waals surface area (Å²) in [4.78, 5) is 16.5. The number of unbranched alkanes of at least 4 members (excludes halogenated alkanes) is 1. The molecule has 0 atom stereocenters.